The molecule has 2 N–H and O–H groups in total. The first-order valence-corrected chi connectivity index (χ1v) is 6.02. The molecule has 1 unspecified atom stereocenters. The van der Waals surface area contributed by atoms with Crippen molar-refractivity contribution in [2.75, 3.05) is 37.9 Å². The second-order valence-electron chi connectivity index (χ2n) is 4.31. The van der Waals surface area contributed by atoms with Gasteiger partial charge in [-0.25, -0.2) is 4.98 Å². The fourth-order valence-corrected chi connectivity index (χ4v) is 1.72. The molecule has 0 aromatic carbocycles. The lowest BCUT2D eigenvalue weighted by Crippen LogP contribution is -2.35. The van der Waals surface area contributed by atoms with Gasteiger partial charge in [-0.15, -0.1) is 0 Å². The second-order valence-corrected chi connectivity index (χ2v) is 4.31. The Morgan fingerprint density at radius 2 is 2.20 bits per heavy atom. The highest BCUT2D eigenvalue weighted by Gasteiger charge is 2.23. The zero-order valence-electron chi connectivity index (χ0n) is 11.9. The van der Waals surface area contributed by atoms with Crippen LogP contribution in [-0.4, -0.2) is 48.5 Å². The Bertz CT molecular complexity index is 507. The molecule has 0 fully saturated rings. The highest BCUT2D eigenvalue weighted by Crippen LogP contribution is 2.25. The van der Waals surface area contributed by atoms with Gasteiger partial charge in [-0.3, -0.25) is 14.9 Å². The summed E-state index contributed by atoms with van der Waals surface area (Å²) in [6.07, 6.45) is 1.15. The quantitative estimate of drug-likeness (QED) is 0.567. The third-order valence-electron chi connectivity index (χ3n) is 2.77. The third kappa shape index (κ3) is 3.53. The zero-order valence-corrected chi connectivity index (χ0v) is 11.9. The van der Waals surface area contributed by atoms with Crippen LogP contribution >= 0.6 is 0 Å². The van der Waals surface area contributed by atoms with Crippen LogP contribution in [0.25, 0.3) is 0 Å². The topological polar surface area (TPSA) is 113 Å². The summed E-state index contributed by atoms with van der Waals surface area (Å²) in [4.78, 5) is 31.4. The van der Waals surface area contributed by atoms with Crippen molar-refractivity contribution >= 4 is 23.4 Å². The van der Waals surface area contributed by atoms with E-state index >= 15 is 0 Å². The van der Waals surface area contributed by atoms with Crippen LogP contribution in [0.4, 0.5) is 17.5 Å². The molecule has 0 spiro atoms. The number of hydrogen-bond acceptors (Lipinski definition) is 7. The highest BCUT2D eigenvalue weighted by atomic mass is 16.6. The highest BCUT2D eigenvalue weighted by molar-refractivity contribution is 5.78. The lowest BCUT2D eigenvalue weighted by molar-refractivity contribution is -0.384. The van der Waals surface area contributed by atoms with Crippen LogP contribution in [0.5, 0.6) is 0 Å². The van der Waals surface area contributed by atoms with Crippen molar-refractivity contribution in [3.63, 3.8) is 0 Å². The van der Waals surface area contributed by atoms with Crippen LogP contribution in [0.15, 0.2) is 6.20 Å². The van der Waals surface area contributed by atoms with Gasteiger partial charge in [0, 0.05) is 27.7 Å². The summed E-state index contributed by atoms with van der Waals surface area (Å²) in [5.41, 5.74) is -0.199. The van der Waals surface area contributed by atoms with Crippen molar-refractivity contribution in [2.45, 2.75) is 6.92 Å². The van der Waals surface area contributed by atoms with E-state index in [1.807, 2.05) is 0 Å². The number of rotatable bonds is 6. The minimum atomic E-state index is -0.546. The minimum Gasteiger partial charge on any atom is -0.359 e. The van der Waals surface area contributed by atoms with Gasteiger partial charge in [-0.2, -0.15) is 4.98 Å². The molecule has 0 aliphatic rings. The van der Waals surface area contributed by atoms with Crippen LogP contribution in [0.3, 0.4) is 0 Å². The maximum absolute atomic E-state index is 11.5. The third-order valence-corrected chi connectivity index (χ3v) is 2.77. The SMILES string of the molecule is CNC(=O)C(C)CN(C)c1nc(NC)ncc1[N+](=O)[O-]. The molecule has 1 atom stereocenters. The van der Waals surface area contributed by atoms with Crippen LogP contribution in [0.1, 0.15) is 6.92 Å². The number of carbonyl (C=O) groups excluding carboxylic acids is 1. The smallest absolute Gasteiger partial charge is 0.329 e. The van der Waals surface area contributed by atoms with E-state index in [4.69, 9.17) is 0 Å². The number of amides is 1. The van der Waals surface area contributed by atoms with Gasteiger partial charge in [0.1, 0.15) is 6.20 Å². The first-order chi connectivity index (χ1) is 9.40. The van der Waals surface area contributed by atoms with Crippen molar-refractivity contribution in [3.8, 4) is 0 Å². The van der Waals surface area contributed by atoms with Gasteiger partial charge >= 0.3 is 5.69 Å². The molecule has 110 valence electrons. The lowest BCUT2D eigenvalue weighted by atomic mass is 10.1. The molecule has 1 aromatic rings. The number of nitrogens with zero attached hydrogens (tertiary/aromatic N) is 4. The summed E-state index contributed by atoms with van der Waals surface area (Å²) in [6, 6.07) is 0. The summed E-state index contributed by atoms with van der Waals surface area (Å²) in [7, 11) is 4.82. The van der Waals surface area contributed by atoms with Gasteiger partial charge in [0.25, 0.3) is 0 Å². The zero-order chi connectivity index (χ0) is 15.3. The van der Waals surface area contributed by atoms with E-state index in [2.05, 4.69) is 20.6 Å². The lowest BCUT2D eigenvalue weighted by Gasteiger charge is -2.21. The maximum Gasteiger partial charge on any atom is 0.329 e. The van der Waals surface area contributed by atoms with E-state index in [0.29, 0.717) is 6.54 Å². The summed E-state index contributed by atoms with van der Waals surface area (Å²) in [5, 5.41) is 16.3. The van der Waals surface area contributed by atoms with Gasteiger partial charge in [0.15, 0.2) is 0 Å². The number of nitro groups is 1. The van der Waals surface area contributed by atoms with Crippen molar-refractivity contribution in [2.24, 2.45) is 5.92 Å². The number of anilines is 2. The Hall–Kier alpha value is -2.45. The molecule has 0 aliphatic heterocycles. The molecule has 1 aromatic heterocycles. The average Bonchev–Trinajstić information content (AvgIpc) is 2.45. The van der Waals surface area contributed by atoms with Crippen molar-refractivity contribution in [1.29, 1.82) is 0 Å². The Balaban J connectivity index is 3.03. The monoisotopic (exact) mass is 282 g/mol. The fraction of sp³-hybridized carbons (Fsp3) is 0.545. The number of nitrogens with one attached hydrogen (secondary N) is 2. The molecule has 1 rings (SSSR count). The Morgan fingerprint density at radius 3 is 2.70 bits per heavy atom. The first-order valence-electron chi connectivity index (χ1n) is 6.02. The van der Waals surface area contributed by atoms with Crippen LogP contribution in [-0.2, 0) is 4.79 Å². The van der Waals surface area contributed by atoms with Crippen LogP contribution in [0.2, 0.25) is 0 Å². The first kappa shape index (κ1) is 15.6. The fourth-order valence-electron chi connectivity index (χ4n) is 1.72. The Labute approximate surface area is 116 Å². The van der Waals surface area contributed by atoms with Crippen molar-refractivity contribution < 1.29 is 9.72 Å². The molecule has 0 aliphatic carbocycles. The molecule has 9 heteroatoms. The standard InChI is InChI=1S/C11H18N6O3/c1-7(10(18)12-2)6-16(4)9-8(17(19)20)5-14-11(13-3)15-9/h5,7H,6H2,1-4H3,(H,12,18)(H,13,14,15). The van der Waals surface area contributed by atoms with Gasteiger partial charge < -0.3 is 15.5 Å². The molecule has 0 saturated carbocycles. The normalized spacial score (nSPS) is 11.6. The molecule has 0 bridgehead atoms. The summed E-state index contributed by atoms with van der Waals surface area (Å²) < 4.78 is 0. The molecular formula is C11H18N6O3. The minimum absolute atomic E-state index is 0.137. The largest absolute Gasteiger partial charge is 0.359 e. The number of carbonyl (C=O) groups is 1. The predicted octanol–water partition coefficient (Wildman–Crippen LogP) is 0.245. The van der Waals surface area contributed by atoms with Gasteiger partial charge in [-0.05, 0) is 0 Å². The second kappa shape index (κ2) is 6.64. The van der Waals surface area contributed by atoms with E-state index in [0.717, 1.165) is 6.20 Å². The molecule has 1 heterocycles. The molecule has 20 heavy (non-hydrogen) atoms. The molecule has 0 saturated heterocycles. The van der Waals surface area contributed by atoms with Gasteiger partial charge in [0.05, 0.1) is 10.8 Å². The molecular weight excluding hydrogens is 264 g/mol. The van der Waals surface area contributed by atoms with Gasteiger partial charge in [0.2, 0.25) is 17.7 Å². The van der Waals surface area contributed by atoms with E-state index in [1.165, 1.54) is 0 Å². The van der Waals surface area contributed by atoms with Gasteiger partial charge in [-0.1, -0.05) is 6.92 Å². The predicted molar refractivity (Wildman–Crippen MR) is 74.7 cm³/mol. The molecule has 0 radical (unpaired) electrons. The summed E-state index contributed by atoms with van der Waals surface area (Å²) in [5.74, 6) is -0.00449. The molecule has 1 amide bonds. The van der Waals surface area contributed by atoms with Crippen molar-refractivity contribution in [1.82, 2.24) is 15.3 Å². The molecule has 9 nitrogen and oxygen atoms in total. The maximum atomic E-state index is 11.5. The van der Waals surface area contributed by atoms with E-state index in [1.54, 1.807) is 33.0 Å². The van der Waals surface area contributed by atoms with E-state index in [9.17, 15) is 14.9 Å². The summed E-state index contributed by atoms with van der Waals surface area (Å²) >= 11 is 0. The Morgan fingerprint density at radius 1 is 1.55 bits per heavy atom. The van der Waals surface area contributed by atoms with Crippen LogP contribution in [0, 0.1) is 16.0 Å². The summed E-state index contributed by atoms with van der Waals surface area (Å²) in [6.45, 7) is 2.04. The van der Waals surface area contributed by atoms with Crippen molar-refractivity contribution in [3.05, 3.63) is 16.3 Å². The number of aromatic nitrogens is 2. The van der Waals surface area contributed by atoms with Crippen LogP contribution < -0.4 is 15.5 Å². The Kier molecular flexibility index (Phi) is 5.18. The average molecular weight is 282 g/mol. The van der Waals surface area contributed by atoms with E-state index < -0.39 is 4.92 Å². The van der Waals surface area contributed by atoms with E-state index in [-0.39, 0.29) is 29.3 Å². The number of hydrogen-bond donors (Lipinski definition) is 2.